The summed E-state index contributed by atoms with van der Waals surface area (Å²) < 4.78 is 10.8. The van der Waals surface area contributed by atoms with Crippen LogP contribution in [0, 0.1) is 0 Å². The molecule has 0 aliphatic rings. The van der Waals surface area contributed by atoms with Crippen LogP contribution in [0.25, 0.3) is 11.1 Å². The topological polar surface area (TPSA) is 30.5 Å². The van der Waals surface area contributed by atoms with Crippen molar-refractivity contribution in [2.75, 3.05) is 26.6 Å². The molecule has 0 heterocycles. The second-order valence-corrected chi connectivity index (χ2v) is 3.87. The first kappa shape index (κ1) is 12.3. The highest BCUT2D eigenvalue weighted by Crippen LogP contribution is 2.38. The molecule has 0 bridgehead atoms. The highest BCUT2D eigenvalue weighted by molar-refractivity contribution is 5.78. The quantitative estimate of drug-likeness (QED) is 0.892. The normalized spacial score (nSPS) is 9.94. The molecule has 0 spiro atoms. The van der Waals surface area contributed by atoms with E-state index >= 15 is 0 Å². The summed E-state index contributed by atoms with van der Waals surface area (Å²) >= 11 is 0. The number of benzene rings is 2. The van der Waals surface area contributed by atoms with E-state index in [0.717, 1.165) is 28.3 Å². The summed E-state index contributed by atoms with van der Waals surface area (Å²) in [6, 6.07) is 13.9. The van der Waals surface area contributed by atoms with E-state index in [0.29, 0.717) is 0 Å². The molecule has 0 saturated carbocycles. The molecule has 0 saturated heterocycles. The molecule has 2 rings (SSSR count). The number of methoxy groups -OCH3 is 2. The van der Waals surface area contributed by atoms with Gasteiger partial charge in [-0.3, -0.25) is 0 Å². The molecular formula is C15H17NO2. The predicted octanol–water partition coefficient (Wildman–Crippen LogP) is 3.41. The van der Waals surface area contributed by atoms with Gasteiger partial charge in [-0.15, -0.1) is 0 Å². The van der Waals surface area contributed by atoms with Gasteiger partial charge in [0.15, 0.2) is 0 Å². The molecule has 94 valence electrons. The van der Waals surface area contributed by atoms with Gasteiger partial charge in [-0.2, -0.15) is 0 Å². The van der Waals surface area contributed by atoms with E-state index in [2.05, 4.69) is 11.4 Å². The van der Waals surface area contributed by atoms with Crippen molar-refractivity contribution in [1.29, 1.82) is 0 Å². The van der Waals surface area contributed by atoms with Crippen LogP contribution in [0.3, 0.4) is 0 Å². The molecule has 0 aromatic heterocycles. The molecular weight excluding hydrogens is 226 g/mol. The summed E-state index contributed by atoms with van der Waals surface area (Å²) in [5, 5.41) is 3.13. The third-order valence-corrected chi connectivity index (χ3v) is 2.87. The van der Waals surface area contributed by atoms with Gasteiger partial charge in [0.25, 0.3) is 0 Å². The molecule has 0 atom stereocenters. The third-order valence-electron chi connectivity index (χ3n) is 2.87. The third kappa shape index (κ3) is 2.25. The Kier molecular flexibility index (Phi) is 3.72. The molecule has 0 aliphatic heterocycles. The van der Waals surface area contributed by atoms with Crippen molar-refractivity contribution in [3.8, 4) is 22.6 Å². The Hall–Kier alpha value is -2.16. The average molecular weight is 243 g/mol. The maximum Gasteiger partial charge on any atom is 0.130 e. The summed E-state index contributed by atoms with van der Waals surface area (Å²) in [6.45, 7) is 0. The maximum atomic E-state index is 5.42. The summed E-state index contributed by atoms with van der Waals surface area (Å²) in [4.78, 5) is 0. The Morgan fingerprint density at radius 1 is 0.889 bits per heavy atom. The monoisotopic (exact) mass is 243 g/mol. The number of rotatable bonds is 4. The molecule has 0 fully saturated rings. The van der Waals surface area contributed by atoms with Crippen LogP contribution < -0.4 is 14.8 Å². The van der Waals surface area contributed by atoms with Crippen LogP contribution in [-0.2, 0) is 0 Å². The highest BCUT2D eigenvalue weighted by Gasteiger charge is 2.12. The lowest BCUT2D eigenvalue weighted by molar-refractivity contribution is 0.397. The maximum absolute atomic E-state index is 5.42. The Labute approximate surface area is 107 Å². The van der Waals surface area contributed by atoms with Crippen LogP contribution in [0.5, 0.6) is 11.5 Å². The Morgan fingerprint density at radius 2 is 1.50 bits per heavy atom. The van der Waals surface area contributed by atoms with Gasteiger partial charge in [-0.05, 0) is 29.8 Å². The van der Waals surface area contributed by atoms with Gasteiger partial charge in [-0.1, -0.05) is 18.2 Å². The van der Waals surface area contributed by atoms with Gasteiger partial charge in [0.2, 0.25) is 0 Å². The number of anilines is 1. The Balaban J connectivity index is 2.60. The Bertz CT molecular complexity index is 516. The summed E-state index contributed by atoms with van der Waals surface area (Å²) in [6.07, 6.45) is 0. The summed E-state index contributed by atoms with van der Waals surface area (Å²) in [5.41, 5.74) is 3.09. The van der Waals surface area contributed by atoms with E-state index in [1.165, 1.54) is 0 Å². The van der Waals surface area contributed by atoms with Crippen molar-refractivity contribution in [2.24, 2.45) is 0 Å². The minimum absolute atomic E-state index is 0.808. The first-order chi connectivity index (χ1) is 8.80. The standard InChI is InChI=1S/C15H17NO2/c1-16-12-7-4-6-11(10-12)15-13(17-2)8-5-9-14(15)18-3/h4-10,16H,1-3H3. The molecule has 0 amide bonds. The lowest BCUT2D eigenvalue weighted by atomic mass is 10.0. The van der Waals surface area contributed by atoms with E-state index in [9.17, 15) is 0 Å². The zero-order chi connectivity index (χ0) is 13.0. The van der Waals surface area contributed by atoms with Crippen LogP contribution in [0.4, 0.5) is 5.69 Å². The fourth-order valence-electron chi connectivity index (χ4n) is 1.97. The molecule has 3 nitrogen and oxygen atoms in total. The van der Waals surface area contributed by atoms with E-state index in [1.54, 1.807) is 14.2 Å². The summed E-state index contributed by atoms with van der Waals surface area (Å²) in [5.74, 6) is 1.62. The average Bonchev–Trinajstić information content (AvgIpc) is 2.46. The van der Waals surface area contributed by atoms with Gasteiger partial charge >= 0.3 is 0 Å². The van der Waals surface area contributed by atoms with Crippen LogP contribution in [0.1, 0.15) is 0 Å². The number of ether oxygens (including phenoxy) is 2. The second kappa shape index (κ2) is 5.45. The van der Waals surface area contributed by atoms with Gasteiger partial charge in [0.1, 0.15) is 11.5 Å². The van der Waals surface area contributed by atoms with Crippen LogP contribution in [-0.4, -0.2) is 21.3 Å². The second-order valence-electron chi connectivity index (χ2n) is 3.87. The van der Waals surface area contributed by atoms with Crippen LogP contribution in [0.15, 0.2) is 42.5 Å². The molecule has 2 aromatic rings. The number of nitrogens with one attached hydrogen (secondary N) is 1. The first-order valence-electron chi connectivity index (χ1n) is 5.79. The highest BCUT2D eigenvalue weighted by atomic mass is 16.5. The van der Waals surface area contributed by atoms with Crippen molar-refractivity contribution in [3.05, 3.63) is 42.5 Å². The van der Waals surface area contributed by atoms with Gasteiger partial charge in [0, 0.05) is 12.7 Å². The molecule has 1 N–H and O–H groups in total. The molecule has 0 aliphatic carbocycles. The SMILES string of the molecule is CNc1cccc(-c2c(OC)cccc2OC)c1. The minimum atomic E-state index is 0.808. The Morgan fingerprint density at radius 3 is 2.06 bits per heavy atom. The first-order valence-corrected chi connectivity index (χ1v) is 5.79. The lowest BCUT2D eigenvalue weighted by Crippen LogP contribution is -1.94. The minimum Gasteiger partial charge on any atom is -0.496 e. The molecule has 2 aromatic carbocycles. The molecule has 3 heteroatoms. The summed E-state index contributed by atoms with van der Waals surface area (Å²) in [7, 11) is 5.24. The fourth-order valence-corrected chi connectivity index (χ4v) is 1.97. The molecule has 18 heavy (non-hydrogen) atoms. The van der Waals surface area contributed by atoms with Crippen LogP contribution in [0.2, 0.25) is 0 Å². The molecule has 0 unspecified atom stereocenters. The van der Waals surface area contributed by atoms with E-state index in [-0.39, 0.29) is 0 Å². The van der Waals surface area contributed by atoms with Gasteiger partial charge < -0.3 is 14.8 Å². The van der Waals surface area contributed by atoms with Crippen molar-refractivity contribution < 1.29 is 9.47 Å². The predicted molar refractivity (Wildman–Crippen MR) is 74.5 cm³/mol. The zero-order valence-electron chi connectivity index (χ0n) is 10.9. The molecule has 0 radical (unpaired) electrons. The van der Waals surface area contributed by atoms with Gasteiger partial charge in [0.05, 0.1) is 19.8 Å². The number of hydrogen-bond donors (Lipinski definition) is 1. The van der Waals surface area contributed by atoms with Crippen LogP contribution >= 0.6 is 0 Å². The lowest BCUT2D eigenvalue weighted by Gasteiger charge is -2.14. The van der Waals surface area contributed by atoms with E-state index < -0.39 is 0 Å². The largest absolute Gasteiger partial charge is 0.496 e. The fraction of sp³-hybridized carbons (Fsp3) is 0.200. The number of hydrogen-bond acceptors (Lipinski definition) is 3. The van der Waals surface area contributed by atoms with E-state index in [4.69, 9.17) is 9.47 Å². The van der Waals surface area contributed by atoms with Crippen molar-refractivity contribution in [3.63, 3.8) is 0 Å². The van der Waals surface area contributed by atoms with Crippen molar-refractivity contribution in [1.82, 2.24) is 0 Å². The van der Waals surface area contributed by atoms with Crippen molar-refractivity contribution >= 4 is 5.69 Å². The van der Waals surface area contributed by atoms with E-state index in [1.807, 2.05) is 43.4 Å². The van der Waals surface area contributed by atoms with Gasteiger partial charge in [-0.25, -0.2) is 0 Å². The van der Waals surface area contributed by atoms with Crippen molar-refractivity contribution in [2.45, 2.75) is 0 Å². The smallest absolute Gasteiger partial charge is 0.130 e. The zero-order valence-corrected chi connectivity index (χ0v) is 10.9.